The number of amides is 1. The molecule has 1 atom stereocenters. The molecular weight excluding hydrogens is 200 g/mol. The molecule has 94 valence electrons. The second-order valence-corrected chi connectivity index (χ2v) is 4.77. The lowest BCUT2D eigenvalue weighted by Crippen LogP contribution is -2.35. The van der Waals surface area contributed by atoms with Crippen LogP contribution in [0.5, 0.6) is 0 Å². The summed E-state index contributed by atoms with van der Waals surface area (Å²) in [6.07, 6.45) is 8.65. The average Bonchev–Trinajstić information content (AvgIpc) is 2.74. The van der Waals surface area contributed by atoms with Gasteiger partial charge in [0.2, 0.25) is 5.91 Å². The van der Waals surface area contributed by atoms with Crippen molar-refractivity contribution in [3.8, 4) is 0 Å². The van der Waals surface area contributed by atoms with Gasteiger partial charge in [0.1, 0.15) is 0 Å². The lowest BCUT2D eigenvalue weighted by molar-refractivity contribution is -0.132. The van der Waals surface area contributed by atoms with Crippen LogP contribution < -0.4 is 5.73 Å². The standard InChI is InChI=1S/C13H26N2O/c1-2-3-4-9-13(16)15-11-6-8-12(15)7-5-10-14/h12H,2-11,14H2,1H3. The van der Waals surface area contributed by atoms with Crippen molar-refractivity contribution in [1.29, 1.82) is 0 Å². The van der Waals surface area contributed by atoms with Crippen molar-refractivity contribution < 1.29 is 4.79 Å². The molecule has 0 bridgehead atoms. The fraction of sp³-hybridized carbons (Fsp3) is 0.923. The smallest absolute Gasteiger partial charge is 0.222 e. The average molecular weight is 226 g/mol. The van der Waals surface area contributed by atoms with E-state index in [1.54, 1.807) is 0 Å². The molecule has 1 fully saturated rings. The molecule has 1 aliphatic rings. The molecule has 0 aromatic heterocycles. The number of carbonyl (C=O) groups excluding carboxylic acids is 1. The van der Waals surface area contributed by atoms with E-state index >= 15 is 0 Å². The first-order chi connectivity index (χ1) is 7.79. The third-order valence-corrected chi connectivity index (χ3v) is 3.43. The fourth-order valence-corrected chi connectivity index (χ4v) is 2.49. The van der Waals surface area contributed by atoms with Crippen LogP contribution in [0.3, 0.4) is 0 Å². The number of hydrogen-bond acceptors (Lipinski definition) is 2. The van der Waals surface area contributed by atoms with Crippen LogP contribution in [0.1, 0.15) is 58.3 Å². The summed E-state index contributed by atoms with van der Waals surface area (Å²) in [7, 11) is 0. The van der Waals surface area contributed by atoms with E-state index in [9.17, 15) is 4.79 Å². The maximum Gasteiger partial charge on any atom is 0.222 e. The number of likely N-dealkylation sites (tertiary alicyclic amines) is 1. The highest BCUT2D eigenvalue weighted by molar-refractivity contribution is 5.76. The van der Waals surface area contributed by atoms with Crippen LogP contribution in [0.15, 0.2) is 0 Å². The van der Waals surface area contributed by atoms with Crippen LogP contribution in [-0.4, -0.2) is 29.9 Å². The van der Waals surface area contributed by atoms with E-state index in [2.05, 4.69) is 11.8 Å². The molecule has 0 radical (unpaired) electrons. The number of carbonyl (C=O) groups is 1. The molecule has 2 N–H and O–H groups in total. The molecule has 3 heteroatoms. The lowest BCUT2D eigenvalue weighted by Gasteiger charge is -2.24. The van der Waals surface area contributed by atoms with Crippen LogP contribution in [0.2, 0.25) is 0 Å². The highest BCUT2D eigenvalue weighted by atomic mass is 16.2. The van der Waals surface area contributed by atoms with Crippen molar-refractivity contribution in [3.05, 3.63) is 0 Å². The summed E-state index contributed by atoms with van der Waals surface area (Å²) < 4.78 is 0. The molecule has 1 saturated heterocycles. The Bertz CT molecular complexity index is 206. The van der Waals surface area contributed by atoms with Gasteiger partial charge in [-0.2, -0.15) is 0 Å². The van der Waals surface area contributed by atoms with Crippen molar-refractivity contribution in [2.45, 2.75) is 64.3 Å². The van der Waals surface area contributed by atoms with Gasteiger partial charge in [0, 0.05) is 19.0 Å². The summed E-state index contributed by atoms with van der Waals surface area (Å²) >= 11 is 0. The van der Waals surface area contributed by atoms with E-state index in [0.717, 1.165) is 38.8 Å². The minimum Gasteiger partial charge on any atom is -0.340 e. The van der Waals surface area contributed by atoms with Crippen molar-refractivity contribution in [2.24, 2.45) is 5.73 Å². The second-order valence-electron chi connectivity index (χ2n) is 4.77. The minimum atomic E-state index is 0.368. The molecule has 3 nitrogen and oxygen atoms in total. The first-order valence-corrected chi connectivity index (χ1v) is 6.79. The molecule has 0 saturated carbocycles. The van der Waals surface area contributed by atoms with Gasteiger partial charge in [-0.1, -0.05) is 19.8 Å². The SMILES string of the molecule is CCCCCC(=O)N1CCCC1CCCN. The van der Waals surface area contributed by atoms with Gasteiger partial charge in [-0.25, -0.2) is 0 Å². The quantitative estimate of drug-likeness (QED) is 0.677. The van der Waals surface area contributed by atoms with Gasteiger partial charge in [-0.05, 0) is 38.6 Å². The summed E-state index contributed by atoms with van der Waals surface area (Å²) in [6.45, 7) is 3.89. The van der Waals surface area contributed by atoms with E-state index in [0.29, 0.717) is 11.9 Å². The predicted molar refractivity (Wildman–Crippen MR) is 67.2 cm³/mol. The van der Waals surface area contributed by atoms with Gasteiger partial charge in [-0.3, -0.25) is 4.79 Å². The van der Waals surface area contributed by atoms with Gasteiger partial charge in [-0.15, -0.1) is 0 Å². The van der Waals surface area contributed by atoms with Crippen LogP contribution in [0, 0.1) is 0 Å². The molecule has 1 unspecified atom stereocenters. The maximum absolute atomic E-state index is 12.0. The third-order valence-electron chi connectivity index (χ3n) is 3.43. The normalized spacial score (nSPS) is 20.4. The molecule has 0 aliphatic carbocycles. The van der Waals surface area contributed by atoms with Crippen molar-refractivity contribution in [2.75, 3.05) is 13.1 Å². The minimum absolute atomic E-state index is 0.368. The monoisotopic (exact) mass is 226 g/mol. The summed E-state index contributed by atoms with van der Waals surface area (Å²) in [4.78, 5) is 14.1. The summed E-state index contributed by atoms with van der Waals surface area (Å²) in [6, 6.07) is 0.484. The van der Waals surface area contributed by atoms with Gasteiger partial charge < -0.3 is 10.6 Å². The van der Waals surface area contributed by atoms with Crippen molar-refractivity contribution >= 4 is 5.91 Å². The molecule has 16 heavy (non-hydrogen) atoms. The Morgan fingerprint density at radius 1 is 1.38 bits per heavy atom. The van der Waals surface area contributed by atoms with E-state index < -0.39 is 0 Å². The van der Waals surface area contributed by atoms with Gasteiger partial charge in [0.25, 0.3) is 0 Å². The van der Waals surface area contributed by atoms with Crippen LogP contribution >= 0.6 is 0 Å². The molecule has 0 spiro atoms. The van der Waals surface area contributed by atoms with Crippen LogP contribution in [-0.2, 0) is 4.79 Å². The van der Waals surface area contributed by atoms with Crippen molar-refractivity contribution in [3.63, 3.8) is 0 Å². The summed E-state index contributed by atoms with van der Waals surface area (Å²) in [5.74, 6) is 0.368. The van der Waals surface area contributed by atoms with E-state index in [1.807, 2.05) is 0 Å². The Balaban J connectivity index is 2.29. The zero-order valence-electron chi connectivity index (χ0n) is 10.6. The Morgan fingerprint density at radius 2 is 2.19 bits per heavy atom. The van der Waals surface area contributed by atoms with E-state index in [4.69, 9.17) is 5.73 Å². The van der Waals surface area contributed by atoms with Crippen molar-refractivity contribution in [1.82, 2.24) is 4.90 Å². The zero-order chi connectivity index (χ0) is 11.8. The third kappa shape index (κ3) is 4.12. The summed E-state index contributed by atoms with van der Waals surface area (Å²) in [5, 5.41) is 0. The number of nitrogens with zero attached hydrogens (tertiary/aromatic N) is 1. The molecule has 1 rings (SSSR count). The Hall–Kier alpha value is -0.570. The molecule has 0 aromatic rings. The van der Waals surface area contributed by atoms with Gasteiger partial charge >= 0.3 is 0 Å². The predicted octanol–water partition coefficient (Wildman–Crippen LogP) is 2.30. The Labute approximate surface area is 99.4 Å². The second kappa shape index (κ2) is 7.66. The highest BCUT2D eigenvalue weighted by Gasteiger charge is 2.27. The van der Waals surface area contributed by atoms with Crippen LogP contribution in [0.4, 0.5) is 0 Å². The van der Waals surface area contributed by atoms with E-state index in [1.165, 1.54) is 25.7 Å². The zero-order valence-corrected chi connectivity index (χ0v) is 10.6. The van der Waals surface area contributed by atoms with Gasteiger partial charge in [0.15, 0.2) is 0 Å². The number of nitrogens with two attached hydrogens (primary N) is 1. The molecule has 1 heterocycles. The number of hydrogen-bond donors (Lipinski definition) is 1. The Kier molecular flexibility index (Phi) is 6.46. The number of unbranched alkanes of at least 4 members (excludes halogenated alkanes) is 2. The molecular formula is C13H26N2O. The first kappa shape index (κ1) is 13.5. The molecule has 1 aliphatic heterocycles. The van der Waals surface area contributed by atoms with Crippen LogP contribution in [0.25, 0.3) is 0 Å². The fourth-order valence-electron chi connectivity index (χ4n) is 2.49. The Morgan fingerprint density at radius 3 is 2.88 bits per heavy atom. The van der Waals surface area contributed by atoms with E-state index in [-0.39, 0.29) is 0 Å². The van der Waals surface area contributed by atoms with Gasteiger partial charge in [0.05, 0.1) is 0 Å². The molecule has 1 amide bonds. The molecule has 0 aromatic carbocycles. The topological polar surface area (TPSA) is 46.3 Å². The first-order valence-electron chi connectivity index (χ1n) is 6.79. The highest BCUT2D eigenvalue weighted by Crippen LogP contribution is 2.22. The maximum atomic E-state index is 12.0. The lowest BCUT2D eigenvalue weighted by atomic mass is 10.1. The number of rotatable bonds is 7. The summed E-state index contributed by atoms with van der Waals surface area (Å²) in [5.41, 5.74) is 5.52. The largest absolute Gasteiger partial charge is 0.340 e.